The van der Waals surface area contributed by atoms with Gasteiger partial charge in [0, 0.05) is 0 Å². The van der Waals surface area contributed by atoms with Crippen LogP contribution in [0.5, 0.6) is 0 Å². The summed E-state index contributed by atoms with van der Waals surface area (Å²) in [6.07, 6.45) is 1.07. The number of hydrazone groups is 1. The number of rotatable bonds is 4. The van der Waals surface area contributed by atoms with Crippen molar-refractivity contribution in [2.45, 2.75) is 19.3 Å². The van der Waals surface area contributed by atoms with E-state index >= 15 is 0 Å². The average Bonchev–Trinajstić information content (AvgIpc) is 2.78. The number of hydrogen-bond acceptors (Lipinski definition) is 7. The van der Waals surface area contributed by atoms with Crippen molar-refractivity contribution in [2.75, 3.05) is 19.6 Å². The number of hydrogen-bond donors (Lipinski definition) is 1. The number of carbonyl (C=O) groups excluding carboxylic acids is 3. The van der Waals surface area contributed by atoms with Crippen molar-refractivity contribution in [3.63, 3.8) is 0 Å². The molecule has 1 aliphatic carbocycles. The number of ketones is 1. The molecule has 0 heterocycles. The first kappa shape index (κ1) is 17.4. The topological polar surface area (TPSA) is 94.1 Å². The summed E-state index contributed by atoms with van der Waals surface area (Å²) in [6.45, 7) is 0. The predicted octanol–water partition coefficient (Wildman–Crippen LogP) is 1.85. The van der Waals surface area contributed by atoms with Gasteiger partial charge in [0.2, 0.25) is 5.78 Å². The zero-order valence-corrected chi connectivity index (χ0v) is 13.5. The second kappa shape index (κ2) is 8.05. The highest BCUT2D eigenvalue weighted by molar-refractivity contribution is 6.52. The van der Waals surface area contributed by atoms with Crippen molar-refractivity contribution in [1.29, 1.82) is 0 Å². The van der Waals surface area contributed by atoms with Gasteiger partial charge in [-0.3, -0.25) is 10.2 Å². The molecule has 0 unspecified atom stereocenters. The average molecular weight is 330 g/mol. The Morgan fingerprint density at radius 3 is 2.33 bits per heavy atom. The van der Waals surface area contributed by atoms with Crippen LogP contribution in [0.4, 0.5) is 5.69 Å². The van der Waals surface area contributed by atoms with E-state index in [-0.39, 0.29) is 23.3 Å². The third-order valence-electron chi connectivity index (χ3n) is 3.55. The van der Waals surface area contributed by atoms with Crippen LogP contribution in [0.2, 0.25) is 0 Å². The summed E-state index contributed by atoms with van der Waals surface area (Å²) >= 11 is 0. The van der Waals surface area contributed by atoms with Crippen molar-refractivity contribution in [3.05, 3.63) is 41.5 Å². The summed E-state index contributed by atoms with van der Waals surface area (Å²) in [4.78, 5) is 36.5. The molecule has 0 radical (unpaired) electrons. The lowest BCUT2D eigenvalue weighted by Gasteiger charge is -2.08. The summed E-state index contributed by atoms with van der Waals surface area (Å²) < 4.78 is 9.32. The second-order valence-electron chi connectivity index (χ2n) is 5.06. The summed E-state index contributed by atoms with van der Waals surface area (Å²) in [6, 6.07) is 9.10. The maximum atomic E-state index is 12.7. The lowest BCUT2D eigenvalue weighted by molar-refractivity contribution is -0.140. The van der Waals surface area contributed by atoms with E-state index < -0.39 is 17.7 Å². The lowest BCUT2D eigenvalue weighted by Crippen LogP contribution is -2.25. The van der Waals surface area contributed by atoms with Crippen molar-refractivity contribution in [2.24, 2.45) is 5.10 Å². The molecular weight excluding hydrogens is 312 g/mol. The van der Waals surface area contributed by atoms with E-state index in [1.165, 1.54) is 7.11 Å². The number of esters is 2. The normalized spacial score (nSPS) is 16.6. The molecule has 1 aromatic rings. The highest BCUT2D eigenvalue weighted by atomic mass is 16.5. The number of benzene rings is 1. The van der Waals surface area contributed by atoms with Crippen LogP contribution >= 0.6 is 0 Å². The monoisotopic (exact) mass is 330 g/mol. The number of anilines is 1. The van der Waals surface area contributed by atoms with E-state index in [2.05, 4.69) is 20.0 Å². The van der Waals surface area contributed by atoms with E-state index in [4.69, 9.17) is 0 Å². The molecule has 0 saturated heterocycles. The van der Waals surface area contributed by atoms with Crippen LogP contribution in [-0.4, -0.2) is 37.7 Å². The molecule has 0 fully saturated rings. The Kier molecular flexibility index (Phi) is 5.83. The molecule has 0 amide bonds. The fourth-order valence-corrected chi connectivity index (χ4v) is 2.35. The minimum absolute atomic E-state index is 0.0271. The van der Waals surface area contributed by atoms with Crippen LogP contribution in [0.25, 0.3) is 0 Å². The molecule has 2 rings (SSSR count). The van der Waals surface area contributed by atoms with Gasteiger partial charge in [-0.05, 0) is 31.4 Å². The van der Waals surface area contributed by atoms with Crippen LogP contribution in [0.1, 0.15) is 19.3 Å². The Labute approximate surface area is 139 Å². The van der Waals surface area contributed by atoms with Crippen LogP contribution in [0.3, 0.4) is 0 Å². The van der Waals surface area contributed by atoms with E-state index in [0.717, 1.165) is 7.11 Å². The fraction of sp³-hybridized carbons (Fsp3) is 0.294. The Hall–Kier alpha value is -2.96. The molecule has 0 saturated carbocycles. The van der Waals surface area contributed by atoms with Crippen LogP contribution in [-0.2, 0) is 23.9 Å². The van der Waals surface area contributed by atoms with E-state index in [0.29, 0.717) is 18.5 Å². The molecule has 0 aliphatic heterocycles. The number of Topliss-reactive ketones (excluding diaryl/α,β-unsaturated/α-hetero) is 1. The second-order valence-corrected chi connectivity index (χ2v) is 5.06. The number of nitrogens with one attached hydrogen (secondary N) is 1. The summed E-state index contributed by atoms with van der Waals surface area (Å²) in [7, 11) is 2.35. The number of carbonyl (C=O) groups is 3. The molecule has 7 nitrogen and oxygen atoms in total. The highest BCUT2D eigenvalue weighted by Gasteiger charge is 2.33. The molecule has 0 aromatic heterocycles. The largest absolute Gasteiger partial charge is 0.466 e. The van der Waals surface area contributed by atoms with Gasteiger partial charge in [0.15, 0.2) is 0 Å². The molecule has 24 heavy (non-hydrogen) atoms. The Bertz CT molecular complexity index is 707. The van der Waals surface area contributed by atoms with Crippen molar-refractivity contribution >= 4 is 29.1 Å². The first-order valence-electron chi connectivity index (χ1n) is 7.40. The van der Waals surface area contributed by atoms with Gasteiger partial charge in [-0.1, -0.05) is 18.2 Å². The van der Waals surface area contributed by atoms with E-state index in [9.17, 15) is 14.4 Å². The minimum Gasteiger partial charge on any atom is -0.466 e. The van der Waals surface area contributed by atoms with Gasteiger partial charge >= 0.3 is 11.9 Å². The Morgan fingerprint density at radius 2 is 1.71 bits per heavy atom. The van der Waals surface area contributed by atoms with Crippen molar-refractivity contribution < 1.29 is 23.9 Å². The zero-order chi connectivity index (χ0) is 17.5. The van der Waals surface area contributed by atoms with Crippen molar-refractivity contribution in [1.82, 2.24) is 0 Å². The first-order valence-corrected chi connectivity index (χ1v) is 7.40. The first-order chi connectivity index (χ1) is 11.6. The third-order valence-corrected chi connectivity index (χ3v) is 3.55. The summed E-state index contributed by atoms with van der Waals surface area (Å²) in [5.74, 6) is -2.20. The van der Waals surface area contributed by atoms with Gasteiger partial charge in [0.1, 0.15) is 11.3 Å². The minimum atomic E-state index is -0.866. The molecule has 1 aromatic carbocycles. The van der Waals surface area contributed by atoms with Gasteiger partial charge in [0.05, 0.1) is 25.5 Å². The number of methoxy groups -OCH3 is 2. The van der Waals surface area contributed by atoms with Gasteiger partial charge in [-0.2, -0.15) is 5.10 Å². The number of nitrogens with zero attached hydrogens (tertiary/aromatic N) is 1. The van der Waals surface area contributed by atoms with Gasteiger partial charge in [-0.15, -0.1) is 0 Å². The molecule has 126 valence electrons. The molecule has 1 N–H and O–H groups in total. The summed E-state index contributed by atoms with van der Waals surface area (Å²) in [5.41, 5.74) is 3.37. The highest BCUT2D eigenvalue weighted by Crippen LogP contribution is 2.23. The quantitative estimate of drug-likeness (QED) is 0.514. The zero-order valence-electron chi connectivity index (χ0n) is 13.5. The molecule has 7 heteroatoms. The molecule has 0 spiro atoms. The third kappa shape index (κ3) is 3.87. The molecule has 1 aliphatic rings. The maximum Gasteiger partial charge on any atom is 0.342 e. The van der Waals surface area contributed by atoms with Crippen LogP contribution in [0, 0.1) is 0 Å². The lowest BCUT2D eigenvalue weighted by atomic mass is 10.0. The predicted molar refractivity (Wildman–Crippen MR) is 87.4 cm³/mol. The summed E-state index contributed by atoms with van der Waals surface area (Å²) in [5, 5.41) is 4.10. The number of para-hydroxylation sites is 1. The van der Waals surface area contributed by atoms with Gasteiger partial charge < -0.3 is 9.47 Å². The van der Waals surface area contributed by atoms with Crippen molar-refractivity contribution in [3.8, 4) is 0 Å². The van der Waals surface area contributed by atoms with E-state index in [1.807, 2.05) is 18.2 Å². The standard InChI is InChI=1S/C17H18N2O5/c1-23-16(21)12-9-6-10-13(15(20)14(12)17(22)24-2)19-18-11-7-4-3-5-8-11/h3-5,7-8,18H,6,9-10H2,1-2H3/b19-13-. The van der Waals surface area contributed by atoms with E-state index in [1.54, 1.807) is 12.1 Å². The van der Waals surface area contributed by atoms with Gasteiger partial charge in [-0.25, -0.2) is 9.59 Å². The SMILES string of the molecule is COC(=O)C1=C(C(=O)OC)C(=O)/C(=N\Nc2ccccc2)CCC1. The molecule has 0 atom stereocenters. The molecular formula is C17H18N2O5. The Balaban J connectivity index is 2.36. The van der Waals surface area contributed by atoms with Crippen LogP contribution < -0.4 is 5.43 Å². The smallest absolute Gasteiger partial charge is 0.342 e. The Morgan fingerprint density at radius 1 is 1.04 bits per heavy atom. The maximum absolute atomic E-state index is 12.7. The number of ether oxygens (including phenoxy) is 2. The van der Waals surface area contributed by atoms with Gasteiger partial charge in [0.25, 0.3) is 0 Å². The fourth-order valence-electron chi connectivity index (χ4n) is 2.35. The molecule has 0 bridgehead atoms. The van der Waals surface area contributed by atoms with Crippen LogP contribution in [0.15, 0.2) is 46.6 Å².